The van der Waals surface area contributed by atoms with Gasteiger partial charge >= 0.3 is 0 Å². The standard InChI is InChI=1S/C46H56N4O5/c51-36-10-15-40-33(27-36)8-13-39(31-4-2-1-3-5-31)44(40)32-6-11-37(12-7-32)55-38-20-22-48(23-21-38)28-30-18-24-49(25-19-30)35-9-14-41-34(26-35)29-50(46(41)54)42-16-17-43(52)47-45(42)53/h1-4,6-7,9-12,14-15,26,30-31,33,36,38-40,42,44,51H,5,8,13,16-25,27-29H2,(H,47,52,53)/t31?,33?,36?,39-,40?,42?,44?/m1/s1. The summed E-state index contributed by atoms with van der Waals surface area (Å²) in [5.74, 6) is 3.58. The summed E-state index contributed by atoms with van der Waals surface area (Å²) in [4.78, 5) is 43.9. The molecule has 9 rings (SSSR count). The van der Waals surface area contributed by atoms with E-state index in [-0.39, 0.29) is 36.4 Å². The number of nitrogens with one attached hydrogen (secondary N) is 1. The minimum atomic E-state index is -0.582. The lowest BCUT2D eigenvalue weighted by Crippen LogP contribution is -2.52. The number of hydrogen-bond donors (Lipinski definition) is 2. The number of nitrogens with zero attached hydrogens (tertiary/aromatic N) is 3. The number of likely N-dealkylation sites (tertiary alicyclic amines) is 1. The number of aliphatic hydroxyl groups is 1. The molecule has 7 atom stereocenters. The fraction of sp³-hybridized carbons (Fsp3) is 0.543. The Morgan fingerprint density at radius 1 is 0.836 bits per heavy atom. The van der Waals surface area contributed by atoms with Crippen LogP contribution in [0.4, 0.5) is 5.69 Å². The van der Waals surface area contributed by atoms with Crippen molar-refractivity contribution in [3.63, 3.8) is 0 Å². The van der Waals surface area contributed by atoms with E-state index in [1.165, 1.54) is 18.4 Å². The van der Waals surface area contributed by atoms with Crippen molar-refractivity contribution in [1.29, 1.82) is 0 Å². The van der Waals surface area contributed by atoms with Crippen molar-refractivity contribution in [2.24, 2.45) is 29.6 Å². The van der Waals surface area contributed by atoms with E-state index in [2.05, 4.69) is 81.9 Å². The molecular weight excluding hydrogens is 689 g/mol. The number of carbonyl (C=O) groups excluding carboxylic acids is 3. The normalized spacial score (nSPS) is 31.7. The molecule has 4 heterocycles. The fourth-order valence-corrected chi connectivity index (χ4v) is 11.1. The van der Waals surface area contributed by atoms with Crippen LogP contribution in [0, 0.1) is 29.6 Å². The summed E-state index contributed by atoms with van der Waals surface area (Å²) in [5, 5.41) is 12.8. The molecule has 4 fully saturated rings. The minimum Gasteiger partial charge on any atom is -0.490 e. The van der Waals surface area contributed by atoms with Gasteiger partial charge in [0.2, 0.25) is 11.8 Å². The maximum atomic E-state index is 13.1. The molecule has 2 aromatic rings. The monoisotopic (exact) mass is 744 g/mol. The number of fused-ring (bicyclic) bond motifs is 2. The molecule has 0 aromatic heterocycles. The molecule has 0 bridgehead atoms. The van der Waals surface area contributed by atoms with Crippen molar-refractivity contribution in [1.82, 2.24) is 15.1 Å². The molecule has 3 aliphatic carbocycles. The molecule has 290 valence electrons. The van der Waals surface area contributed by atoms with Crippen LogP contribution in [0.15, 0.2) is 78.9 Å². The van der Waals surface area contributed by atoms with Gasteiger partial charge in [-0.05, 0) is 135 Å². The van der Waals surface area contributed by atoms with Gasteiger partial charge in [0.15, 0.2) is 0 Å². The predicted octanol–water partition coefficient (Wildman–Crippen LogP) is 6.39. The maximum absolute atomic E-state index is 13.1. The number of ether oxygens (including phenoxy) is 1. The summed E-state index contributed by atoms with van der Waals surface area (Å²) in [6.45, 7) is 5.69. The van der Waals surface area contributed by atoms with Crippen molar-refractivity contribution in [2.75, 3.05) is 37.6 Å². The Morgan fingerprint density at radius 2 is 1.65 bits per heavy atom. The largest absolute Gasteiger partial charge is 0.490 e. The highest BCUT2D eigenvalue weighted by molar-refractivity contribution is 6.05. The van der Waals surface area contributed by atoms with Crippen LogP contribution < -0.4 is 15.0 Å². The van der Waals surface area contributed by atoms with E-state index in [9.17, 15) is 19.5 Å². The van der Waals surface area contributed by atoms with Gasteiger partial charge in [-0.3, -0.25) is 19.7 Å². The van der Waals surface area contributed by atoms with Crippen LogP contribution in [0.25, 0.3) is 0 Å². The average Bonchev–Trinajstić information content (AvgIpc) is 3.54. The Morgan fingerprint density at radius 3 is 2.42 bits per heavy atom. The molecule has 1 saturated carbocycles. The van der Waals surface area contributed by atoms with E-state index in [0.29, 0.717) is 54.0 Å². The number of carbonyl (C=O) groups is 3. The maximum Gasteiger partial charge on any atom is 0.255 e. The van der Waals surface area contributed by atoms with E-state index in [1.54, 1.807) is 4.90 Å². The Bertz CT molecular complexity index is 1840. The summed E-state index contributed by atoms with van der Waals surface area (Å²) >= 11 is 0. The quantitative estimate of drug-likeness (QED) is 0.239. The van der Waals surface area contributed by atoms with Crippen LogP contribution in [-0.2, 0) is 16.1 Å². The van der Waals surface area contributed by atoms with Gasteiger partial charge in [-0.1, -0.05) is 48.6 Å². The van der Waals surface area contributed by atoms with Gasteiger partial charge in [0.25, 0.3) is 5.91 Å². The zero-order valence-electron chi connectivity index (χ0n) is 31.9. The van der Waals surface area contributed by atoms with E-state index < -0.39 is 6.04 Å². The van der Waals surface area contributed by atoms with Gasteiger partial charge in [0.05, 0.1) is 6.10 Å². The molecule has 9 heteroatoms. The van der Waals surface area contributed by atoms with Crippen molar-refractivity contribution < 1.29 is 24.2 Å². The highest BCUT2D eigenvalue weighted by Crippen LogP contribution is 2.52. The van der Waals surface area contributed by atoms with E-state index >= 15 is 0 Å². The molecule has 0 radical (unpaired) electrons. The number of aliphatic hydroxyl groups excluding tert-OH is 1. The Kier molecular flexibility index (Phi) is 10.4. The molecule has 3 amide bonds. The lowest BCUT2D eigenvalue weighted by Gasteiger charge is -2.47. The smallest absolute Gasteiger partial charge is 0.255 e. The first-order valence-corrected chi connectivity index (χ1v) is 21.1. The second-order valence-corrected chi connectivity index (χ2v) is 17.4. The molecule has 55 heavy (non-hydrogen) atoms. The summed E-state index contributed by atoms with van der Waals surface area (Å²) in [6.07, 6.45) is 23.0. The topological polar surface area (TPSA) is 102 Å². The average molecular weight is 745 g/mol. The summed E-state index contributed by atoms with van der Waals surface area (Å²) in [6, 6.07) is 14.6. The molecule has 4 aliphatic heterocycles. The first-order valence-electron chi connectivity index (χ1n) is 21.1. The van der Waals surface area contributed by atoms with Crippen LogP contribution in [0.5, 0.6) is 5.75 Å². The molecule has 2 N–H and O–H groups in total. The van der Waals surface area contributed by atoms with Crippen LogP contribution in [-0.4, -0.2) is 83.6 Å². The highest BCUT2D eigenvalue weighted by Gasteiger charge is 2.43. The third-order valence-corrected chi connectivity index (χ3v) is 14.1. The summed E-state index contributed by atoms with van der Waals surface area (Å²) < 4.78 is 6.59. The summed E-state index contributed by atoms with van der Waals surface area (Å²) in [7, 11) is 0. The fourth-order valence-electron chi connectivity index (χ4n) is 11.1. The minimum absolute atomic E-state index is 0.117. The van der Waals surface area contributed by atoms with Crippen LogP contribution >= 0.6 is 0 Å². The van der Waals surface area contributed by atoms with Crippen molar-refractivity contribution in [3.8, 4) is 5.75 Å². The van der Waals surface area contributed by atoms with Crippen molar-refractivity contribution in [2.45, 2.75) is 94.9 Å². The number of benzene rings is 2. The van der Waals surface area contributed by atoms with Gasteiger partial charge in [-0.15, -0.1) is 0 Å². The highest BCUT2D eigenvalue weighted by atomic mass is 16.5. The predicted molar refractivity (Wildman–Crippen MR) is 213 cm³/mol. The van der Waals surface area contributed by atoms with Gasteiger partial charge in [-0.25, -0.2) is 0 Å². The molecule has 6 unspecified atom stereocenters. The number of hydrogen-bond acceptors (Lipinski definition) is 7. The second-order valence-electron chi connectivity index (χ2n) is 17.4. The van der Waals surface area contributed by atoms with Crippen molar-refractivity contribution in [3.05, 3.63) is 95.6 Å². The van der Waals surface area contributed by atoms with Gasteiger partial charge in [-0.2, -0.15) is 0 Å². The van der Waals surface area contributed by atoms with Crippen LogP contribution in [0.3, 0.4) is 0 Å². The van der Waals surface area contributed by atoms with E-state index in [0.717, 1.165) is 88.2 Å². The number of anilines is 1. The zero-order chi connectivity index (χ0) is 37.5. The first kappa shape index (κ1) is 36.4. The van der Waals surface area contributed by atoms with Gasteiger partial charge in [0, 0.05) is 56.9 Å². The van der Waals surface area contributed by atoms with Gasteiger partial charge < -0.3 is 24.5 Å². The SMILES string of the molecule is O=C1CCC(N2Cc3cc(N4CCC(CN5CCC(Oc6ccc(C7C8C=CC(O)CC8CC[C@@H]7C7C=CC=CC7)cc6)CC5)CC4)ccc3C2=O)C(=O)N1. The molecular formula is C46H56N4O5. The molecule has 3 saturated heterocycles. The number of piperidine rings is 3. The number of allylic oxidation sites excluding steroid dienone is 5. The zero-order valence-corrected chi connectivity index (χ0v) is 31.9. The Hall–Kier alpha value is -4.21. The van der Waals surface area contributed by atoms with Crippen molar-refractivity contribution >= 4 is 23.4 Å². The van der Waals surface area contributed by atoms with Crippen LogP contribution in [0.1, 0.15) is 91.6 Å². The molecule has 2 aromatic carbocycles. The first-order chi connectivity index (χ1) is 26.9. The molecule has 7 aliphatic rings. The lowest BCUT2D eigenvalue weighted by molar-refractivity contribution is -0.136. The van der Waals surface area contributed by atoms with Crippen LogP contribution in [0.2, 0.25) is 0 Å². The third-order valence-electron chi connectivity index (χ3n) is 14.1. The number of rotatable bonds is 8. The summed E-state index contributed by atoms with van der Waals surface area (Å²) in [5.41, 5.74) is 4.20. The molecule has 9 nitrogen and oxygen atoms in total. The van der Waals surface area contributed by atoms with E-state index in [1.807, 2.05) is 12.1 Å². The second kappa shape index (κ2) is 15.7. The Balaban J connectivity index is 0.746. The molecule has 0 spiro atoms. The Labute approximate surface area is 325 Å². The number of amides is 3. The third kappa shape index (κ3) is 7.67. The lowest BCUT2D eigenvalue weighted by atomic mass is 9.58. The van der Waals surface area contributed by atoms with E-state index in [4.69, 9.17) is 4.74 Å². The number of imide groups is 1. The van der Waals surface area contributed by atoms with Gasteiger partial charge in [0.1, 0.15) is 17.9 Å².